The Hall–Kier alpha value is 0.491. The molecule has 7 heteroatoms. The van der Waals surface area contributed by atoms with E-state index in [1.165, 1.54) is 0 Å². The van der Waals surface area contributed by atoms with Crippen LogP contribution in [-0.4, -0.2) is 50.1 Å². The average molecular weight is 338 g/mol. The molecular weight excluding hydrogens is 304 g/mol. The molecule has 0 aromatic heterocycles. The van der Waals surface area contributed by atoms with E-state index < -0.39 is 32.4 Å². The normalized spacial score (nSPS) is 15.4. The molecular formula is C13H33O4Si3. The Bertz CT molecular complexity index is 235. The first kappa shape index (κ1) is 20.5. The van der Waals surface area contributed by atoms with E-state index in [2.05, 4.69) is 46.2 Å². The maximum Gasteiger partial charge on any atom is 0.186 e. The highest BCUT2D eigenvalue weighted by molar-refractivity contribution is 6.71. The van der Waals surface area contributed by atoms with Crippen LogP contribution >= 0.6 is 0 Å². The molecule has 0 bridgehead atoms. The number of aliphatic hydroxyl groups is 1. The summed E-state index contributed by atoms with van der Waals surface area (Å²) in [5.74, 6) is 0.0473. The van der Waals surface area contributed by atoms with Crippen molar-refractivity contribution in [3.05, 3.63) is 6.92 Å². The Kier molecular flexibility index (Phi) is 9.73. The van der Waals surface area contributed by atoms with Crippen LogP contribution in [0.4, 0.5) is 0 Å². The van der Waals surface area contributed by atoms with Crippen molar-refractivity contribution in [2.45, 2.75) is 70.4 Å². The van der Waals surface area contributed by atoms with Crippen LogP contribution in [0.5, 0.6) is 0 Å². The van der Waals surface area contributed by atoms with Crippen LogP contribution in [0.15, 0.2) is 0 Å². The summed E-state index contributed by atoms with van der Waals surface area (Å²) in [6, 6.07) is 1.11. The van der Waals surface area contributed by atoms with Gasteiger partial charge < -0.3 is 18.7 Å². The van der Waals surface area contributed by atoms with E-state index in [-0.39, 0.29) is 5.91 Å². The average Bonchev–Trinajstić information content (AvgIpc) is 2.23. The molecule has 0 saturated carbocycles. The number of rotatable bonds is 11. The topological polar surface area (TPSA) is 47.9 Å². The minimum absolute atomic E-state index is 0.0473. The second kappa shape index (κ2) is 9.50. The quantitative estimate of drug-likeness (QED) is 0.357. The van der Waals surface area contributed by atoms with Crippen LogP contribution < -0.4 is 0 Å². The van der Waals surface area contributed by atoms with Gasteiger partial charge >= 0.3 is 0 Å². The van der Waals surface area contributed by atoms with Gasteiger partial charge in [-0.25, -0.2) is 0 Å². The fourth-order valence-electron chi connectivity index (χ4n) is 1.65. The molecule has 121 valence electrons. The molecule has 1 unspecified atom stereocenters. The first-order valence-electron chi connectivity index (χ1n) is 7.48. The zero-order valence-corrected chi connectivity index (χ0v) is 17.5. The van der Waals surface area contributed by atoms with Crippen molar-refractivity contribution in [1.29, 1.82) is 0 Å². The first-order chi connectivity index (χ1) is 9.03. The molecule has 0 aliphatic rings. The Morgan fingerprint density at radius 2 is 1.55 bits per heavy atom. The smallest absolute Gasteiger partial charge is 0.186 e. The summed E-state index contributed by atoms with van der Waals surface area (Å²) < 4.78 is 17.6. The third-order valence-corrected chi connectivity index (χ3v) is 6.68. The van der Waals surface area contributed by atoms with Gasteiger partial charge in [-0.3, -0.25) is 0 Å². The minimum atomic E-state index is -1.56. The third-order valence-electron chi connectivity index (χ3n) is 2.36. The van der Waals surface area contributed by atoms with Crippen molar-refractivity contribution in [2.75, 3.05) is 6.61 Å². The number of aliphatic hydroxyl groups excluding tert-OH is 1. The summed E-state index contributed by atoms with van der Waals surface area (Å²) in [6.45, 7) is 17.4. The highest BCUT2D eigenvalue weighted by Gasteiger charge is 2.26. The van der Waals surface area contributed by atoms with Gasteiger partial charge in [0.1, 0.15) is 5.91 Å². The molecule has 0 aromatic carbocycles. The van der Waals surface area contributed by atoms with Crippen LogP contribution in [0.25, 0.3) is 0 Å². The predicted octanol–water partition coefficient (Wildman–Crippen LogP) is 2.51. The summed E-state index contributed by atoms with van der Waals surface area (Å²) in [7, 11) is -3.56. The minimum Gasteiger partial charge on any atom is -0.398 e. The fourth-order valence-corrected chi connectivity index (χ4v) is 8.19. The van der Waals surface area contributed by atoms with Crippen LogP contribution in [0.1, 0.15) is 12.8 Å². The summed E-state index contributed by atoms with van der Waals surface area (Å²) in [4.78, 5) is 0. The molecule has 0 aromatic rings. The molecule has 0 rings (SSSR count). The van der Waals surface area contributed by atoms with E-state index in [0.717, 1.165) is 12.5 Å². The lowest BCUT2D eigenvalue weighted by atomic mass is 10.4. The van der Waals surface area contributed by atoms with Crippen LogP contribution in [-0.2, 0) is 13.6 Å². The fraction of sp³-hybridized carbons (Fsp3) is 0.923. The maximum atomic E-state index is 9.26. The molecule has 20 heavy (non-hydrogen) atoms. The lowest BCUT2D eigenvalue weighted by molar-refractivity contribution is -0.0959. The molecule has 1 atom stereocenters. The van der Waals surface area contributed by atoms with Gasteiger partial charge in [0.2, 0.25) is 0 Å². The Balaban J connectivity index is 4.04. The van der Waals surface area contributed by atoms with Crippen molar-refractivity contribution >= 4 is 26.2 Å². The van der Waals surface area contributed by atoms with Crippen molar-refractivity contribution in [3.8, 4) is 0 Å². The summed E-state index contributed by atoms with van der Waals surface area (Å²) in [5.41, 5.74) is 0. The molecule has 0 heterocycles. The SMILES string of the molecule is [CH2]CC(O)OCCC[SiH2]C(O[Si](C)(C)C)O[Si](C)(C)C. The lowest BCUT2D eigenvalue weighted by Crippen LogP contribution is -2.43. The van der Waals surface area contributed by atoms with Gasteiger partial charge in [0.25, 0.3) is 0 Å². The first-order valence-corrected chi connectivity index (χ1v) is 16.1. The van der Waals surface area contributed by atoms with Crippen molar-refractivity contribution in [1.82, 2.24) is 0 Å². The molecule has 0 aliphatic carbocycles. The molecule has 1 N–H and O–H groups in total. The van der Waals surface area contributed by atoms with Crippen LogP contribution in [0.3, 0.4) is 0 Å². The van der Waals surface area contributed by atoms with E-state index in [4.69, 9.17) is 13.6 Å². The van der Waals surface area contributed by atoms with Crippen LogP contribution in [0.2, 0.25) is 45.3 Å². The maximum absolute atomic E-state index is 9.26. The van der Waals surface area contributed by atoms with E-state index in [0.29, 0.717) is 13.0 Å². The highest BCUT2D eigenvalue weighted by Crippen LogP contribution is 2.14. The largest absolute Gasteiger partial charge is 0.398 e. The van der Waals surface area contributed by atoms with Gasteiger partial charge in [-0.1, -0.05) is 6.04 Å². The third kappa shape index (κ3) is 13.5. The molecule has 0 spiro atoms. The molecule has 0 fully saturated rings. The zero-order valence-electron chi connectivity index (χ0n) is 14.1. The summed E-state index contributed by atoms with van der Waals surface area (Å²) in [6.07, 6.45) is 0.644. The van der Waals surface area contributed by atoms with Crippen LogP contribution in [0, 0.1) is 6.92 Å². The summed E-state index contributed by atoms with van der Waals surface area (Å²) >= 11 is 0. The van der Waals surface area contributed by atoms with E-state index in [1.54, 1.807) is 0 Å². The van der Waals surface area contributed by atoms with Gasteiger partial charge in [0.05, 0.1) is 9.52 Å². The number of ether oxygens (including phenoxy) is 1. The Morgan fingerprint density at radius 3 is 1.95 bits per heavy atom. The standard InChI is InChI=1S/C13H33O4Si3/c1-8-12(14)15-10-9-11-18-13(16-19(2,3)4)17-20(5,6)7/h12-14H,1,8-11,18H2,2-7H3. The zero-order chi connectivity index (χ0) is 15.8. The van der Waals surface area contributed by atoms with E-state index in [9.17, 15) is 5.11 Å². The Labute approximate surface area is 129 Å². The second-order valence-corrected chi connectivity index (χ2v) is 17.9. The van der Waals surface area contributed by atoms with Gasteiger partial charge in [0, 0.05) is 6.61 Å². The van der Waals surface area contributed by atoms with Crippen molar-refractivity contribution in [2.24, 2.45) is 0 Å². The van der Waals surface area contributed by atoms with E-state index in [1.807, 2.05) is 0 Å². The molecule has 4 nitrogen and oxygen atoms in total. The van der Waals surface area contributed by atoms with Gasteiger partial charge in [-0.05, 0) is 59.0 Å². The molecule has 1 radical (unpaired) electrons. The highest BCUT2D eigenvalue weighted by atomic mass is 28.4. The van der Waals surface area contributed by atoms with Gasteiger partial charge in [0.15, 0.2) is 22.9 Å². The number of hydrogen-bond donors (Lipinski definition) is 1. The monoisotopic (exact) mass is 337 g/mol. The summed E-state index contributed by atoms with van der Waals surface area (Å²) in [5, 5.41) is 9.26. The predicted molar refractivity (Wildman–Crippen MR) is 92.6 cm³/mol. The molecule has 0 saturated heterocycles. The Morgan fingerprint density at radius 1 is 1.05 bits per heavy atom. The number of hydrogen-bond acceptors (Lipinski definition) is 4. The molecule has 0 aliphatic heterocycles. The van der Waals surface area contributed by atoms with Gasteiger partial charge in [-0.2, -0.15) is 0 Å². The molecule has 0 amide bonds. The van der Waals surface area contributed by atoms with Crippen molar-refractivity contribution < 1.29 is 18.7 Å². The van der Waals surface area contributed by atoms with Gasteiger partial charge in [-0.15, -0.1) is 0 Å². The van der Waals surface area contributed by atoms with Crippen molar-refractivity contribution in [3.63, 3.8) is 0 Å². The van der Waals surface area contributed by atoms with E-state index >= 15 is 0 Å². The lowest BCUT2D eigenvalue weighted by Gasteiger charge is -2.31. The second-order valence-electron chi connectivity index (χ2n) is 7.00.